The van der Waals surface area contributed by atoms with Crippen molar-refractivity contribution in [1.29, 1.82) is 0 Å². The Morgan fingerprint density at radius 2 is 1.46 bits per heavy atom. The summed E-state index contributed by atoms with van der Waals surface area (Å²) in [5.74, 6) is -3.37. The predicted molar refractivity (Wildman–Crippen MR) is 140 cm³/mol. The van der Waals surface area contributed by atoms with Gasteiger partial charge in [-0.05, 0) is 19.1 Å². The molecule has 3 rings (SSSR count). The molecule has 0 aliphatic carbocycles. The van der Waals surface area contributed by atoms with Crippen molar-refractivity contribution in [3.63, 3.8) is 0 Å². The monoisotopic (exact) mass is 593 g/mol. The molecule has 13 nitrogen and oxygen atoms in total. The van der Waals surface area contributed by atoms with E-state index in [1.54, 1.807) is 5.38 Å². The normalized spacial score (nSPS) is 21.8. The Hall–Kier alpha value is -4.04. The molecule has 0 saturated carbocycles. The van der Waals surface area contributed by atoms with Gasteiger partial charge in [-0.1, -0.05) is 0 Å². The van der Waals surface area contributed by atoms with E-state index in [1.807, 2.05) is 6.92 Å². The van der Waals surface area contributed by atoms with E-state index in [0.717, 1.165) is 25.8 Å². The Morgan fingerprint density at radius 1 is 0.878 bits per heavy atom. The molecule has 41 heavy (non-hydrogen) atoms. The van der Waals surface area contributed by atoms with Crippen LogP contribution in [0.15, 0.2) is 23.6 Å². The van der Waals surface area contributed by atoms with Gasteiger partial charge in [0, 0.05) is 39.1 Å². The number of carbonyl (C=O) groups is 5. The Kier molecular flexibility index (Phi) is 10.8. The number of ketones is 1. The minimum atomic E-state index is -1.33. The van der Waals surface area contributed by atoms with Crippen molar-refractivity contribution >= 4 is 41.0 Å². The number of aromatic hydroxyl groups is 1. The second kappa shape index (κ2) is 14.0. The maximum absolute atomic E-state index is 12.7. The molecule has 1 N–H and O–H groups in total. The van der Waals surface area contributed by atoms with Crippen LogP contribution in [0, 0.1) is 6.92 Å². The molecule has 1 aromatic heterocycles. The van der Waals surface area contributed by atoms with Crippen LogP contribution < -0.4 is 4.74 Å². The summed E-state index contributed by atoms with van der Waals surface area (Å²) in [6.07, 6.45) is -6.10. The van der Waals surface area contributed by atoms with Gasteiger partial charge in [-0.3, -0.25) is 24.0 Å². The highest BCUT2D eigenvalue weighted by Crippen LogP contribution is 2.31. The van der Waals surface area contributed by atoms with Gasteiger partial charge in [0.15, 0.2) is 24.1 Å². The van der Waals surface area contributed by atoms with Gasteiger partial charge < -0.3 is 33.5 Å². The number of Topliss-reactive ketones (excluding diaryl/α,β-unsaturated/α-hetero) is 1. The average molecular weight is 594 g/mol. The zero-order valence-corrected chi connectivity index (χ0v) is 23.9. The van der Waals surface area contributed by atoms with E-state index in [2.05, 4.69) is 4.98 Å². The van der Waals surface area contributed by atoms with Gasteiger partial charge in [-0.15, -0.1) is 11.3 Å². The molecule has 0 amide bonds. The lowest BCUT2D eigenvalue weighted by molar-refractivity contribution is -0.255. The minimum Gasteiger partial charge on any atom is -0.507 e. The summed E-state index contributed by atoms with van der Waals surface area (Å²) < 4.78 is 33.0. The number of ether oxygens (including phenoxy) is 6. The largest absolute Gasteiger partial charge is 0.507 e. The van der Waals surface area contributed by atoms with Gasteiger partial charge in [-0.2, -0.15) is 0 Å². The van der Waals surface area contributed by atoms with Crippen LogP contribution in [0.3, 0.4) is 0 Å². The standard InChI is InChI=1S/C27H31NO12S/c1-13-28-18(12-41-13)8-21(33)20-7-6-19(9-22(20)34)36-11-24-26(38-16(4)31)27(39-17(5)32)25(37-15(3)30)23(40-24)10-35-14(2)29/h6-7,9,12,23-27,34H,8,10-11H2,1-5H3. The molecule has 1 saturated heterocycles. The molecule has 14 heteroatoms. The number of phenols is 1. The van der Waals surface area contributed by atoms with Crippen molar-refractivity contribution in [3.8, 4) is 11.5 Å². The molecular weight excluding hydrogens is 562 g/mol. The van der Waals surface area contributed by atoms with Gasteiger partial charge in [0.2, 0.25) is 0 Å². The number of aromatic nitrogens is 1. The van der Waals surface area contributed by atoms with Gasteiger partial charge in [0.25, 0.3) is 0 Å². The number of thiazole rings is 1. The number of hydrogen-bond donors (Lipinski definition) is 1. The number of benzene rings is 1. The van der Waals surface area contributed by atoms with E-state index in [1.165, 1.54) is 36.5 Å². The summed E-state index contributed by atoms with van der Waals surface area (Å²) in [5.41, 5.74) is 0.677. The third-order valence-corrected chi connectivity index (χ3v) is 6.60. The number of nitrogens with zero attached hydrogens (tertiary/aromatic N) is 1. The molecule has 5 atom stereocenters. The lowest BCUT2D eigenvalue weighted by Crippen LogP contribution is -2.63. The topological polar surface area (TPSA) is 174 Å². The third-order valence-electron chi connectivity index (χ3n) is 5.78. The van der Waals surface area contributed by atoms with Crippen molar-refractivity contribution < 1.29 is 57.5 Å². The van der Waals surface area contributed by atoms with E-state index in [-0.39, 0.29) is 42.5 Å². The van der Waals surface area contributed by atoms with Crippen molar-refractivity contribution in [2.75, 3.05) is 13.2 Å². The first-order valence-corrected chi connectivity index (χ1v) is 13.4. The predicted octanol–water partition coefficient (Wildman–Crippen LogP) is 2.09. The smallest absolute Gasteiger partial charge is 0.303 e. The first-order chi connectivity index (χ1) is 19.3. The van der Waals surface area contributed by atoms with Gasteiger partial charge >= 0.3 is 23.9 Å². The SMILES string of the molecule is CC(=O)OCC1OC(COc2ccc(C(=O)Cc3csc(C)n3)c(O)c2)C(OC(C)=O)C(OC(C)=O)C1OC(C)=O. The fourth-order valence-corrected chi connectivity index (χ4v) is 4.83. The second-order valence-electron chi connectivity index (χ2n) is 9.19. The Morgan fingerprint density at radius 3 is 1.98 bits per heavy atom. The first-order valence-electron chi connectivity index (χ1n) is 12.5. The average Bonchev–Trinajstić information content (AvgIpc) is 3.27. The maximum Gasteiger partial charge on any atom is 0.303 e. The van der Waals surface area contributed by atoms with Crippen LogP contribution in [0.1, 0.15) is 48.8 Å². The van der Waals surface area contributed by atoms with Crippen LogP contribution in [-0.4, -0.2) is 83.5 Å². The Bertz CT molecular complexity index is 1290. The zero-order valence-electron chi connectivity index (χ0n) is 23.1. The lowest BCUT2D eigenvalue weighted by atomic mass is 9.94. The Labute approximate surface area is 239 Å². The second-order valence-corrected chi connectivity index (χ2v) is 10.2. The number of carbonyl (C=O) groups excluding carboxylic acids is 5. The van der Waals surface area contributed by atoms with Gasteiger partial charge in [0.1, 0.15) is 36.9 Å². The summed E-state index contributed by atoms with van der Waals surface area (Å²) in [4.78, 5) is 64.2. The highest BCUT2D eigenvalue weighted by Gasteiger charge is 2.52. The number of hydrogen-bond acceptors (Lipinski definition) is 14. The van der Waals surface area contributed by atoms with Crippen molar-refractivity contribution in [1.82, 2.24) is 4.98 Å². The lowest BCUT2D eigenvalue weighted by Gasteiger charge is -2.44. The molecule has 1 aromatic carbocycles. The molecule has 1 aliphatic heterocycles. The maximum atomic E-state index is 12.7. The molecule has 5 unspecified atom stereocenters. The summed E-state index contributed by atoms with van der Waals surface area (Å²) in [6, 6.07) is 4.11. The van der Waals surface area contributed by atoms with E-state index >= 15 is 0 Å². The fraction of sp³-hybridized carbons (Fsp3) is 0.481. The van der Waals surface area contributed by atoms with E-state index in [0.29, 0.717) is 5.69 Å². The molecule has 0 radical (unpaired) electrons. The summed E-state index contributed by atoms with van der Waals surface area (Å²) in [5, 5.41) is 13.1. The van der Waals surface area contributed by atoms with E-state index in [9.17, 15) is 29.1 Å². The van der Waals surface area contributed by atoms with Crippen LogP contribution in [0.25, 0.3) is 0 Å². The van der Waals surface area contributed by atoms with Crippen LogP contribution in [0.2, 0.25) is 0 Å². The van der Waals surface area contributed by atoms with Crippen LogP contribution >= 0.6 is 11.3 Å². The molecule has 222 valence electrons. The number of aryl methyl sites for hydroxylation is 1. The highest BCUT2D eigenvalue weighted by molar-refractivity contribution is 7.09. The molecule has 1 fully saturated rings. The molecular formula is C27H31NO12S. The number of esters is 4. The van der Waals surface area contributed by atoms with E-state index < -0.39 is 54.4 Å². The van der Waals surface area contributed by atoms with Crippen molar-refractivity contribution in [2.24, 2.45) is 0 Å². The molecule has 0 bridgehead atoms. The molecule has 1 aliphatic rings. The summed E-state index contributed by atoms with van der Waals surface area (Å²) in [7, 11) is 0. The zero-order chi connectivity index (χ0) is 30.3. The number of rotatable bonds is 11. The van der Waals surface area contributed by atoms with Crippen LogP contribution in [-0.2, 0) is 49.3 Å². The minimum absolute atomic E-state index is 0.0167. The molecule has 2 aromatic rings. The van der Waals surface area contributed by atoms with Crippen molar-refractivity contribution in [3.05, 3.63) is 39.8 Å². The molecule has 2 heterocycles. The fourth-order valence-electron chi connectivity index (χ4n) is 4.22. The van der Waals surface area contributed by atoms with Gasteiger partial charge in [-0.25, -0.2) is 4.98 Å². The molecule has 0 spiro atoms. The van der Waals surface area contributed by atoms with Crippen LogP contribution in [0.5, 0.6) is 11.5 Å². The summed E-state index contributed by atoms with van der Waals surface area (Å²) in [6.45, 7) is 5.72. The van der Waals surface area contributed by atoms with Crippen LogP contribution in [0.4, 0.5) is 0 Å². The summed E-state index contributed by atoms with van der Waals surface area (Å²) >= 11 is 1.42. The van der Waals surface area contributed by atoms with E-state index in [4.69, 9.17) is 28.4 Å². The number of phenolic OH excluding ortho intramolecular Hbond substituents is 1. The Balaban J connectivity index is 1.82. The van der Waals surface area contributed by atoms with Crippen molar-refractivity contribution in [2.45, 2.75) is 71.6 Å². The first kappa shape index (κ1) is 31.5. The highest BCUT2D eigenvalue weighted by atomic mass is 32.1. The quantitative estimate of drug-likeness (QED) is 0.228. The third kappa shape index (κ3) is 8.98. The van der Waals surface area contributed by atoms with Gasteiger partial charge in [0.05, 0.1) is 22.7 Å².